The highest BCUT2D eigenvalue weighted by atomic mass is 16.5. The Morgan fingerprint density at radius 1 is 1.00 bits per heavy atom. The number of benzene rings is 3. The van der Waals surface area contributed by atoms with Gasteiger partial charge in [0.05, 0.1) is 37.1 Å². The number of ketones is 1. The van der Waals surface area contributed by atoms with Crippen LogP contribution in [0.2, 0.25) is 0 Å². The van der Waals surface area contributed by atoms with Crippen molar-refractivity contribution >= 4 is 17.7 Å². The number of ether oxygens (including phenoxy) is 2. The fourth-order valence-corrected chi connectivity index (χ4v) is 4.77. The van der Waals surface area contributed by atoms with Gasteiger partial charge in [-0.25, -0.2) is 0 Å². The van der Waals surface area contributed by atoms with Crippen LogP contribution in [0, 0.1) is 17.2 Å². The fraction of sp³-hybridized carbons (Fsp3) is 0.290. The third-order valence-corrected chi connectivity index (χ3v) is 6.79. The van der Waals surface area contributed by atoms with Gasteiger partial charge < -0.3 is 14.4 Å². The zero-order chi connectivity index (χ0) is 26.9. The van der Waals surface area contributed by atoms with E-state index in [9.17, 15) is 14.4 Å². The molecular weight excluding hydrogens is 480 g/mol. The number of rotatable bonds is 11. The highest BCUT2D eigenvalue weighted by molar-refractivity contribution is 6.09. The number of nitrogens with zero attached hydrogens (tertiary/aromatic N) is 2. The average Bonchev–Trinajstić information content (AvgIpc) is 3.25. The first-order valence-corrected chi connectivity index (χ1v) is 12.7. The molecule has 1 aliphatic heterocycles. The molecule has 1 saturated heterocycles. The molecule has 38 heavy (non-hydrogen) atoms. The topological polar surface area (TPSA) is 96.7 Å². The Kier molecular flexibility index (Phi) is 8.89. The van der Waals surface area contributed by atoms with Crippen molar-refractivity contribution in [1.82, 2.24) is 4.90 Å². The van der Waals surface area contributed by atoms with E-state index in [0.717, 1.165) is 12.8 Å². The van der Waals surface area contributed by atoms with Crippen molar-refractivity contribution in [3.8, 4) is 11.8 Å². The van der Waals surface area contributed by atoms with Crippen LogP contribution in [0.1, 0.15) is 46.3 Å². The summed E-state index contributed by atoms with van der Waals surface area (Å²) in [5, 5.41) is 9.08. The lowest BCUT2D eigenvalue weighted by atomic mass is 10.0. The number of carbonyl (C=O) groups is 3. The molecular formula is C31H30N2O5. The van der Waals surface area contributed by atoms with Gasteiger partial charge >= 0.3 is 5.97 Å². The second kappa shape index (κ2) is 12.7. The van der Waals surface area contributed by atoms with E-state index in [0.29, 0.717) is 35.4 Å². The molecule has 1 heterocycles. The maximum atomic E-state index is 13.1. The molecule has 7 nitrogen and oxygen atoms in total. The van der Waals surface area contributed by atoms with Crippen molar-refractivity contribution in [2.75, 3.05) is 20.3 Å². The van der Waals surface area contributed by atoms with E-state index in [2.05, 4.69) is 12.1 Å². The van der Waals surface area contributed by atoms with Crippen LogP contribution in [-0.4, -0.2) is 48.9 Å². The Morgan fingerprint density at radius 3 is 2.47 bits per heavy atom. The first-order valence-electron chi connectivity index (χ1n) is 12.7. The third-order valence-electron chi connectivity index (χ3n) is 6.79. The molecule has 0 spiro atoms. The lowest BCUT2D eigenvalue weighted by molar-refractivity contribution is -0.144. The summed E-state index contributed by atoms with van der Waals surface area (Å²) in [7, 11) is 1.33. The van der Waals surface area contributed by atoms with Gasteiger partial charge in [-0.05, 0) is 61.2 Å². The van der Waals surface area contributed by atoms with Gasteiger partial charge in [-0.3, -0.25) is 14.4 Å². The van der Waals surface area contributed by atoms with Gasteiger partial charge in [0.15, 0.2) is 5.78 Å². The molecule has 3 aromatic carbocycles. The summed E-state index contributed by atoms with van der Waals surface area (Å²) in [6.07, 6.45) is 2.24. The molecule has 0 aromatic heterocycles. The summed E-state index contributed by atoms with van der Waals surface area (Å²) < 4.78 is 10.8. The maximum Gasteiger partial charge on any atom is 0.306 e. The number of methoxy groups -OCH3 is 1. The number of hydrogen-bond donors (Lipinski definition) is 0. The third kappa shape index (κ3) is 6.65. The molecule has 3 aromatic rings. The van der Waals surface area contributed by atoms with E-state index in [-0.39, 0.29) is 30.8 Å². The minimum absolute atomic E-state index is 0.0439. The Morgan fingerprint density at radius 2 is 1.76 bits per heavy atom. The molecule has 194 valence electrons. The van der Waals surface area contributed by atoms with Crippen LogP contribution in [0.15, 0.2) is 78.9 Å². The molecule has 1 amide bonds. The van der Waals surface area contributed by atoms with Crippen molar-refractivity contribution < 1.29 is 23.9 Å². The molecule has 0 aliphatic carbocycles. The van der Waals surface area contributed by atoms with E-state index < -0.39 is 11.9 Å². The van der Waals surface area contributed by atoms with Crippen molar-refractivity contribution in [3.63, 3.8) is 0 Å². The summed E-state index contributed by atoms with van der Waals surface area (Å²) in [5.74, 6) is -0.449. The zero-order valence-electron chi connectivity index (χ0n) is 21.3. The average molecular weight is 511 g/mol. The number of carbonyl (C=O) groups excluding carboxylic acids is 3. The van der Waals surface area contributed by atoms with Crippen LogP contribution in [0.3, 0.4) is 0 Å². The zero-order valence-corrected chi connectivity index (χ0v) is 21.3. The smallest absolute Gasteiger partial charge is 0.306 e. The van der Waals surface area contributed by atoms with Gasteiger partial charge in [-0.15, -0.1) is 0 Å². The van der Waals surface area contributed by atoms with Crippen molar-refractivity contribution in [3.05, 3.63) is 101 Å². The van der Waals surface area contributed by atoms with Crippen LogP contribution in [-0.2, 0) is 20.7 Å². The summed E-state index contributed by atoms with van der Waals surface area (Å²) >= 11 is 0. The van der Waals surface area contributed by atoms with Crippen molar-refractivity contribution in [1.29, 1.82) is 5.26 Å². The van der Waals surface area contributed by atoms with E-state index in [4.69, 9.17) is 14.7 Å². The molecule has 4 rings (SSSR count). The Bertz CT molecular complexity index is 1310. The van der Waals surface area contributed by atoms with Crippen molar-refractivity contribution in [2.45, 2.75) is 31.7 Å². The monoisotopic (exact) mass is 510 g/mol. The van der Waals surface area contributed by atoms with Crippen LogP contribution in [0.25, 0.3) is 0 Å². The number of esters is 1. The van der Waals surface area contributed by atoms with E-state index in [1.54, 1.807) is 48.5 Å². The van der Waals surface area contributed by atoms with Crippen molar-refractivity contribution in [2.24, 2.45) is 5.92 Å². The quantitative estimate of drug-likeness (QED) is 0.277. The first-order chi connectivity index (χ1) is 18.5. The van der Waals surface area contributed by atoms with Crippen LogP contribution < -0.4 is 4.74 Å². The lowest BCUT2D eigenvalue weighted by Gasteiger charge is -2.25. The van der Waals surface area contributed by atoms with E-state index in [1.165, 1.54) is 12.7 Å². The molecule has 2 atom stereocenters. The molecule has 0 N–H and O–H groups in total. The molecule has 1 fully saturated rings. The number of hydrogen-bond acceptors (Lipinski definition) is 6. The number of amides is 1. The lowest BCUT2D eigenvalue weighted by Crippen LogP contribution is -2.38. The van der Waals surface area contributed by atoms with Gasteiger partial charge in [-0.1, -0.05) is 42.5 Å². The minimum Gasteiger partial charge on any atom is -0.491 e. The predicted molar refractivity (Wildman–Crippen MR) is 142 cm³/mol. The molecule has 0 unspecified atom stereocenters. The van der Waals surface area contributed by atoms with E-state index in [1.807, 2.05) is 29.2 Å². The molecule has 7 heteroatoms. The Balaban J connectivity index is 1.39. The second-order valence-corrected chi connectivity index (χ2v) is 9.34. The molecule has 1 aliphatic rings. The largest absolute Gasteiger partial charge is 0.491 e. The fourth-order valence-electron chi connectivity index (χ4n) is 4.77. The molecule has 0 radical (unpaired) electrons. The predicted octanol–water partition coefficient (Wildman–Crippen LogP) is 4.58. The van der Waals surface area contributed by atoms with Gasteiger partial charge in [0.25, 0.3) is 0 Å². The van der Waals surface area contributed by atoms with Crippen LogP contribution in [0.4, 0.5) is 0 Å². The molecule has 0 saturated carbocycles. The first kappa shape index (κ1) is 26.6. The number of nitriles is 1. The summed E-state index contributed by atoms with van der Waals surface area (Å²) in [6.45, 7) is 0.862. The Hall–Kier alpha value is -4.44. The molecule has 0 bridgehead atoms. The number of aryl methyl sites for hydroxylation is 1. The highest BCUT2D eigenvalue weighted by Crippen LogP contribution is 2.29. The van der Waals surface area contributed by atoms with Crippen LogP contribution in [0.5, 0.6) is 5.75 Å². The van der Waals surface area contributed by atoms with Gasteiger partial charge in [-0.2, -0.15) is 5.26 Å². The summed E-state index contributed by atoms with van der Waals surface area (Å²) in [4.78, 5) is 39.6. The standard InChI is InChI=1S/C31H30N2O5/c1-37-29(34)19-26-18-27(33(31(26)36)16-6-10-22-7-3-2-4-8-22)21-38-28-14-12-24(13-15-28)30(35)25-11-5-9-23(17-25)20-32/h2-5,7-9,11-15,17,26-27H,6,10,16,18-19,21H2,1H3/t26-,27-/m0/s1. The van der Waals surface area contributed by atoms with Gasteiger partial charge in [0, 0.05) is 17.7 Å². The highest BCUT2D eigenvalue weighted by Gasteiger charge is 2.40. The minimum atomic E-state index is -0.419. The van der Waals surface area contributed by atoms with Gasteiger partial charge in [0.2, 0.25) is 5.91 Å². The summed E-state index contributed by atoms with van der Waals surface area (Å²) in [6, 6.07) is 25.4. The summed E-state index contributed by atoms with van der Waals surface area (Å²) in [5.41, 5.74) is 2.59. The second-order valence-electron chi connectivity index (χ2n) is 9.34. The maximum absolute atomic E-state index is 13.1. The van der Waals surface area contributed by atoms with Gasteiger partial charge in [0.1, 0.15) is 12.4 Å². The Labute approximate surface area is 222 Å². The normalized spacial score (nSPS) is 16.6. The SMILES string of the molecule is COC(=O)C[C@@H]1C[C@@H](COc2ccc(C(=O)c3cccc(C#N)c3)cc2)N(CCCc2ccccc2)C1=O. The van der Waals surface area contributed by atoms with Crippen LogP contribution >= 0.6 is 0 Å². The van der Waals surface area contributed by atoms with E-state index >= 15 is 0 Å². The number of likely N-dealkylation sites (tertiary alicyclic amines) is 1.